The van der Waals surface area contributed by atoms with Crippen LogP contribution in [0.5, 0.6) is 5.75 Å². The van der Waals surface area contributed by atoms with Crippen LogP contribution >= 0.6 is 11.6 Å². The summed E-state index contributed by atoms with van der Waals surface area (Å²) in [5, 5.41) is 3.32. The highest BCUT2D eigenvalue weighted by molar-refractivity contribution is 7.89. The van der Waals surface area contributed by atoms with Crippen LogP contribution in [0.15, 0.2) is 41.3 Å². The second-order valence-electron chi connectivity index (χ2n) is 6.32. The Hall–Kier alpha value is -2.09. The number of anilines is 1. The number of nitrogens with zero attached hydrogens (tertiary/aromatic N) is 1. The zero-order chi connectivity index (χ0) is 19.1. The first-order chi connectivity index (χ1) is 12.2. The van der Waals surface area contributed by atoms with Crippen molar-refractivity contribution in [1.82, 2.24) is 4.31 Å². The van der Waals surface area contributed by atoms with Gasteiger partial charge < -0.3 is 10.1 Å². The number of benzene rings is 2. The number of carbonyl (C=O) groups excluding carboxylic acids is 1. The lowest BCUT2D eigenvalue weighted by Gasteiger charge is -2.16. The molecule has 138 valence electrons. The van der Waals surface area contributed by atoms with Crippen molar-refractivity contribution in [2.45, 2.75) is 24.3 Å². The Kier molecular flexibility index (Phi) is 4.96. The van der Waals surface area contributed by atoms with Gasteiger partial charge >= 0.3 is 0 Å². The third-order valence-corrected chi connectivity index (χ3v) is 6.40. The van der Waals surface area contributed by atoms with Crippen molar-refractivity contribution in [3.05, 3.63) is 52.5 Å². The minimum absolute atomic E-state index is 0.155. The van der Waals surface area contributed by atoms with Crippen molar-refractivity contribution in [2.24, 2.45) is 0 Å². The molecule has 0 fully saturated rings. The topological polar surface area (TPSA) is 75.7 Å². The van der Waals surface area contributed by atoms with Crippen LogP contribution < -0.4 is 10.1 Å². The quantitative estimate of drug-likeness (QED) is 0.865. The van der Waals surface area contributed by atoms with Crippen LogP contribution in [0.3, 0.4) is 0 Å². The largest absolute Gasteiger partial charge is 0.480 e. The van der Waals surface area contributed by atoms with Crippen molar-refractivity contribution < 1.29 is 17.9 Å². The Labute approximate surface area is 157 Å². The van der Waals surface area contributed by atoms with Crippen LogP contribution in [0.4, 0.5) is 5.69 Å². The van der Waals surface area contributed by atoms with Crippen LogP contribution in [0.2, 0.25) is 5.02 Å². The fraction of sp³-hybridized carbons (Fsp3) is 0.278. The Balaban J connectivity index is 1.79. The molecular formula is C18H19ClN2O4S. The van der Waals surface area contributed by atoms with Crippen LogP contribution in [-0.4, -0.2) is 38.8 Å². The van der Waals surface area contributed by atoms with E-state index in [0.29, 0.717) is 28.4 Å². The first-order valence-electron chi connectivity index (χ1n) is 7.97. The molecule has 1 atom stereocenters. The van der Waals surface area contributed by atoms with Gasteiger partial charge in [-0.2, -0.15) is 0 Å². The third kappa shape index (κ3) is 3.56. The maximum Gasteiger partial charge on any atom is 0.265 e. The molecule has 8 heteroatoms. The van der Waals surface area contributed by atoms with Gasteiger partial charge in [-0.3, -0.25) is 4.79 Å². The molecule has 1 heterocycles. The van der Waals surface area contributed by atoms with E-state index >= 15 is 0 Å². The third-order valence-electron chi connectivity index (χ3n) is 4.20. The number of sulfonamides is 1. The van der Waals surface area contributed by atoms with Gasteiger partial charge in [0.05, 0.1) is 4.90 Å². The van der Waals surface area contributed by atoms with E-state index < -0.39 is 16.1 Å². The van der Waals surface area contributed by atoms with Gasteiger partial charge in [-0.15, -0.1) is 0 Å². The summed E-state index contributed by atoms with van der Waals surface area (Å²) in [6.07, 6.45) is -0.269. The highest BCUT2D eigenvalue weighted by atomic mass is 35.5. The molecule has 1 unspecified atom stereocenters. The molecule has 1 aliphatic rings. The summed E-state index contributed by atoms with van der Waals surface area (Å²) in [6, 6.07) is 10.0. The molecule has 0 aliphatic carbocycles. The van der Waals surface area contributed by atoms with E-state index in [2.05, 4.69) is 5.32 Å². The average molecular weight is 395 g/mol. The Morgan fingerprint density at radius 1 is 1.23 bits per heavy atom. The lowest BCUT2D eigenvalue weighted by molar-refractivity contribution is -0.122. The summed E-state index contributed by atoms with van der Waals surface area (Å²) in [5.74, 6) is 0.295. The lowest BCUT2D eigenvalue weighted by atomic mass is 10.1. The van der Waals surface area contributed by atoms with E-state index in [-0.39, 0.29) is 10.8 Å². The fourth-order valence-electron chi connectivity index (χ4n) is 2.74. The summed E-state index contributed by atoms with van der Waals surface area (Å²) in [7, 11) is -0.663. The number of hydrogen-bond acceptors (Lipinski definition) is 4. The van der Waals surface area contributed by atoms with Crippen LogP contribution in [0.1, 0.15) is 11.1 Å². The number of ether oxygens (including phenoxy) is 1. The van der Waals surface area contributed by atoms with Crippen LogP contribution in [0.25, 0.3) is 0 Å². The molecule has 6 nitrogen and oxygen atoms in total. The number of amides is 1. The number of aryl methyl sites for hydroxylation is 1. The SMILES string of the molecule is Cc1ccc(NC(=O)C2Cc3cc(Cl)ccc3O2)cc1S(=O)(=O)N(C)C. The van der Waals surface area contributed by atoms with Gasteiger partial charge in [-0.05, 0) is 48.4 Å². The summed E-state index contributed by atoms with van der Waals surface area (Å²) < 4.78 is 31.6. The molecule has 2 aromatic carbocycles. The molecule has 1 aliphatic heterocycles. The maximum absolute atomic E-state index is 12.5. The van der Waals surface area contributed by atoms with Gasteiger partial charge in [0, 0.05) is 31.2 Å². The van der Waals surface area contributed by atoms with Gasteiger partial charge in [0.2, 0.25) is 10.0 Å². The zero-order valence-electron chi connectivity index (χ0n) is 14.6. The second kappa shape index (κ2) is 6.90. The fourth-order valence-corrected chi connectivity index (χ4v) is 4.08. The average Bonchev–Trinajstić information content (AvgIpc) is 2.99. The van der Waals surface area contributed by atoms with E-state index in [1.165, 1.54) is 20.2 Å². The summed E-state index contributed by atoms with van der Waals surface area (Å²) in [4.78, 5) is 12.7. The van der Waals surface area contributed by atoms with Crippen molar-refractivity contribution >= 4 is 33.2 Å². The molecule has 26 heavy (non-hydrogen) atoms. The molecule has 3 rings (SSSR count). The van der Waals surface area contributed by atoms with Gasteiger partial charge in [0.25, 0.3) is 5.91 Å². The molecule has 2 aromatic rings. The monoisotopic (exact) mass is 394 g/mol. The van der Waals surface area contributed by atoms with Crippen LogP contribution in [0, 0.1) is 6.92 Å². The number of nitrogens with one attached hydrogen (secondary N) is 1. The normalized spacial score (nSPS) is 16.3. The molecule has 1 amide bonds. The van der Waals surface area contributed by atoms with Gasteiger partial charge in [0.15, 0.2) is 6.10 Å². The highest BCUT2D eigenvalue weighted by Gasteiger charge is 2.29. The molecule has 0 radical (unpaired) electrons. The molecule has 0 saturated heterocycles. The minimum Gasteiger partial charge on any atom is -0.480 e. The van der Waals surface area contributed by atoms with E-state index in [0.717, 1.165) is 9.87 Å². The van der Waals surface area contributed by atoms with E-state index in [4.69, 9.17) is 16.3 Å². The van der Waals surface area contributed by atoms with Crippen molar-refractivity contribution in [3.8, 4) is 5.75 Å². The van der Waals surface area contributed by atoms with E-state index in [1.54, 1.807) is 37.3 Å². The molecule has 0 spiro atoms. The van der Waals surface area contributed by atoms with Crippen molar-refractivity contribution in [1.29, 1.82) is 0 Å². The standard InChI is InChI=1S/C18H19ClN2O4S/c1-11-4-6-14(10-17(11)26(23,24)21(2)3)20-18(22)16-9-12-8-13(19)5-7-15(12)25-16/h4-8,10,16H,9H2,1-3H3,(H,20,22). The van der Waals surface area contributed by atoms with Crippen molar-refractivity contribution in [2.75, 3.05) is 19.4 Å². The van der Waals surface area contributed by atoms with Crippen LogP contribution in [-0.2, 0) is 21.2 Å². The van der Waals surface area contributed by atoms with Gasteiger partial charge in [0.1, 0.15) is 5.75 Å². The molecule has 0 bridgehead atoms. The minimum atomic E-state index is -3.60. The summed E-state index contributed by atoms with van der Waals surface area (Å²) in [6.45, 7) is 1.71. The smallest absolute Gasteiger partial charge is 0.265 e. The van der Waals surface area contributed by atoms with Gasteiger partial charge in [-0.25, -0.2) is 12.7 Å². The van der Waals surface area contributed by atoms with E-state index in [9.17, 15) is 13.2 Å². The number of halogens is 1. The predicted molar refractivity (Wildman–Crippen MR) is 100 cm³/mol. The Morgan fingerprint density at radius 2 is 1.96 bits per heavy atom. The Bertz CT molecular complexity index is 973. The predicted octanol–water partition coefficient (Wildman–Crippen LogP) is 2.84. The second-order valence-corrected chi connectivity index (χ2v) is 8.88. The number of carbonyl (C=O) groups is 1. The number of hydrogen-bond donors (Lipinski definition) is 1. The lowest BCUT2D eigenvalue weighted by Crippen LogP contribution is -2.31. The zero-order valence-corrected chi connectivity index (χ0v) is 16.2. The molecular weight excluding hydrogens is 376 g/mol. The molecule has 0 aromatic heterocycles. The summed E-state index contributed by atoms with van der Waals surface area (Å²) in [5.41, 5.74) is 1.88. The molecule has 0 saturated carbocycles. The first kappa shape index (κ1) is 18.7. The first-order valence-corrected chi connectivity index (χ1v) is 9.79. The summed E-state index contributed by atoms with van der Waals surface area (Å²) >= 11 is 5.96. The van der Waals surface area contributed by atoms with E-state index in [1.807, 2.05) is 0 Å². The Morgan fingerprint density at radius 3 is 2.65 bits per heavy atom. The maximum atomic E-state index is 12.5. The molecule has 1 N–H and O–H groups in total. The highest BCUT2D eigenvalue weighted by Crippen LogP contribution is 2.31. The number of rotatable bonds is 4. The van der Waals surface area contributed by atoms with Gasteiger partial charge in [-0.1, -0.05) is 17.7 Å². The van der Waals surface area contributed by atoms with Crippen molar-refractivity contribution in [3.63, 3.8) is 0 Å². The number of fused-ring (bicyclic) bond motifs is 1.